The Balaban J connectivity index is 2.32. The number of hydrogen-bond donors (Lipinski definition) is 1. The van der Waals surface area contributed by atoms with E-state index in [9.17, 15) is 4.79 Å². The molecule has 2 aromatic heterocycles. The Kier molecular flexibility index (Phi) is 2.04. The van der Waals surface area contributed by atoms with Crippen molar-refractivity contribution in [2.75, 3.05) is 0 Å². The molecule has 17 heavy (non-hydrogen) atoms. The molecule has 3 rings (SSSR count). The number of aryl methyl sites for hydroxylation is 1. The van der Waals surface area contributed by atoms with Crippen molar-refractivity contribution in [3.8, 4) is 11.3 Å². The molecule has 0 aliphatic rings. The number of nitrogens with one attached hydrogen (secondary N) is 1. The Morgan fingerprint density at radius 2 is 2.24 bits per heavy atom. The fourth-order valence-corrected chi connectivity index (χ4v) is 1.78. The second kappa shape index (κ2) is 3.55. The van der Waals surface area contributed by atoms with Crippen molar-refractivity contribution in [2.45, 2.75) is 6.92 Å². The molecular weight excluding hydrogens is 218 g/mol. The van der Waals surface area contributed by atoms with E-state index in [1.54, 1.807) is 6.20 Å². The van der Waals surface area contributed by atoms with E-state index < -0.39 is 0 Å². The molecule has 0 aliphatic carbocycles. The molecule has 3 aromatic rings. The summed E-state index contributed by atoms with van der Waals surface area (Å²) in [6.07, 6.45) is 1.55. The summed E-state index contributed by atoms with van der Waals surface area (Å²) in [7, 11) is 0. The molecular formula is C12H9N3O2. The fourth-order valence-electron chi connectivity index (χ4n) is 1.78. The van der Waals surface area contributed by atoms with Crippen LogP contribution in [0.1, 0.15) is 5.56 Å². The summed E-state index contributed by atoms with van der Waals surface area (Å²) in [5.74, 6) is 0.572. The van der Waals surface area contributed by atoms with Crippen LogP contribution in [0.4, 0.5) is 0 Å². The predicted molar refractivity (Wildman–Crippen MR) is 62.6 cm³/mol. The minimum absolute atomic E-state index is 0.275. The van der Waals surface area contributed by atoms with Crippen molar-refractivity contribution in [3.63, 3.8) is 0 Å². The average molecular weight is 227 g/mol. The maximum atomic E-state index is 11.4. The number of nitrogens with zero attached hydrogens (tertiary/aromatic N) is 2. The van der Waals surface area contributed by atoms with Crippen LogP contribution in [0.15, 0.2) is 39.8 Å². The van der Waals surface area contributed by atoms with Gasteiger partial charge in [0.05, 0.1) is 11.6 Å². The fraction of sp³-hybridized carbons (Fsp3) is 0.0833. The lowest BCUT2D eigenvalue weighted by Crippen LogP contribution is -2.06. The number of hydrogen-bond acceptors (Lipinski definition) is 4. The first-order chi connectivity index (χ1) is 8.25. The van der Waals surface area contributed by atoms with E-state index in [0.717, 1.165) is 11.1 Å². The molecule has 0 fully saturated rings. The van der Waals surface area contributed by atoms with Crippen molar-refractivity contribution < 1.29 is 4.52 Å². The molecule has 0 saturated heterocycles. The third-order valence-corrected chi connectivity index (χ3v) is 2.58. The number of benzene rings is 1. The van der Waals surface area contributed by atoms with Gasteiger partial charge in [-0.2, -0.15) is 5.10 Å². The Labute approximate surface area is 96.1 Å². The minimum atomic E-state index is -0.342. The average Bonchev–Trinajstić information content (AvgIpc) is 2.74. The molecule has 0 amide bonds. The van der Waals surface area contributed by atoms with Crippen molar-refractivity contribution in [2.24, 2.45) is 0 Å². The summed E-state index contributed by atoms with van der Waals surface area (Å²) in [5.41, 5.74) is 1.94. The quantitative estimate of drug-likeness (QED) is 0.689. The maximum Gasteiger partial charge on any atom is 0.294 e. The van der Waals surface area contributed by atoms with E-state index in [0.29, 0.717) is 11.1 Å². The van der Waals surface area contributed by atoms with Gasteiger partial charge in [0.2, 0.25) is 0 Å². The van der Waals surface area contributed by atoms with Crippen molar-refractivity contribution >= 4 is 10.9 Å². The largest absolute Gasteiger partial charge is 0.355 e. The van der Waals surface area contributed by atoms with E-state index in [4.69, 9.17) is 4.52 Å². The normalized spacial score (nSPS) is 10.9. The van der Waals surface area contributed by atoms with Gasteiger partial charge in [0, 0.05) is 5.56 Å². The second-order valence-corrected chi connectivity index (χ2v) is 3.84. The standard InChI is InChI=1S/C12H9N3O2/c1-7-3-2-4-8(5-7)11-9-6-13-14-12(16)10(9)15-17-11/h2-6H,1H3,(H,14,16). The first-order valence-electron chi connectivity index (χ1n) is 5.16. The van der Waals surface area contributed by atoms with Gasteiger partial charge in [-0.05, 0) is 13.0 Å². The van der Waals surface area contributed by atoms with E-state index in [2.05, 4.69) is 15.4 Å². The maximum absolute atomic E-state index is 11.4. The zero-order chi connectivity index (χ0) is 11.8. The summed E-state index contributed by atoms with van der Waals surface area (Å²) < 4.78 is 5.23. The predicted octanol–water partition coefficient (Wildman–Crippen LogP) is 1.89. The van der Waals surface area contributed by atoms with Gasteiger partial charge in [0.15, 0.2) is 11.3 Å². The SMILES string of the molecule is Cc1cccc(-c2onc3c(=O)[nH]ncc23)c1. The molecule has 0 atom stereocenters. The molecule has 0 bridgehead atoms. The van der Waals surface area contributed by atoms with Gasteiger partial charge in [-0.3, -0.25) is 4.79 Å². The molecule has 2 heterocycles. The highest BCUT2D eigenvalue weighted by molar-refractivity contribution is 5.90. The third-order valence-electron chi connectivity index (χ3n) is 2.58. The molecule has 84 valence electrons. The monoisotopic (exact) mass is 227 g/mol. The summed E-state index contributed by atoms with van der Waals surface area (Å²) >= 11 is 0. The number of rotatable bonds is 1. The smallest absolute Gasteiger partial charge is 0.294 e. The van der Waals surface area contributed by atoms with E-state index in [1.807, 2.05) is 31.2 Å². The number of aromatic amines is 1. The van der Waals surface area contributed by atoms with E-state index in [1.165, 1.54) is 0 Å². The van der Waals surface area contributed by atoms with Gasteiger partial charge in [-0.25, -0.2) is 5.10 Å². The molecule has 0 spiro atoms. The Bertz CT molecular complexity index is 743. The molecule has 0 saturated carbocycles. The molecule has 0 aliphatic heterocycles. The first-order valence-corrected chi connectivity index (χ1v) is 5.16. The number of H-pyrrole nitrogens is 1. The summed E-state index contributed by atoms with van der Waals surface area (Å²) in [5, 5.41) is 10.5. The second-order valence-electron chi connectivity index (χ2n) is 3.84. The zero-order valence-electron chi connectivity index (χ0n) is 9.10. The highest BCUT2D eigenvalue weighted by Crippen LogP contribution is 2.26. The van der Waals surface area contributed by atoms with Crippen LogP contribution >= 0.6 is 0 Å². The van der Waals surface area contributed by atoms with Crippen LogP contribution in [0.5, 0.6) is 0 Å². The van der Waals surface area contributed by atoms with Gasteiger partial charge in [0.25, 0.3) is 5.56 Å². The Hall–Kier alpha value is -2.43. The lowest BCUT2D eigenvalue weighted by atomic mass is 10.1. The molecule has 5 nitrogen and oxygen atoms in total. The van der Waals surface area contributed by atoms with Crippen LogP contribution in [0.3, 0.4) is 0 Å². The molecule has 5 heteroatoms. The van der Waals surface area contributed by atoms with E-state index >= 15 is 0 Å². The summed E-state index contributed by atoms with van der Waals surface area (Å²) in [6, 6.07) is 7.81. The summed E-state index contributed by atoms with van der Waals surface area (Å²) in [6.45, 7) is 1.99. The van der Waals surface area contributed by atoms with Gasteiger partial charge >= 0.3 is 0 Å². The van der Waals surface area contributed by atoms with Gasteiger partial charge in [-0.1, -0.05) is 28.9 Å². The van der Waals surface area contributed by atoms with Crippen LogP contribution < -0.4 is 5.56 Å². The van der Waals surface area contributed by atoms with E-state index in [-0.39, 0.29) is 11.1 Å². The highest BCUT2D eigenvalue weighted by Gasteiger charge is 2.13. The molecule has 1 N–H and O–H groups in total. The highest BCUT2D eigenvalue weighted by atomic mass is 16.5. The Morgan fingerprint density at radius 1 is 1.35 bits per heavy atom. The number of fused-ring (bicyclic) bond motifs is 1. The van der Waals surface area contributed by atoms with Crippen LogP contribution in [0.2, 0.25) is 0 Å². The molecule has 0 unspecified atom stereocenters. The van der Waals surface area contributed by atoms with Crippen LogP contribution in [0.25, 0.3) is 22.2 Å². The van der Waals surface area contributed by atoms with Crippen molar-refractivity contribution in [1.82, 2.24) is 15.4 Å². The first kappa shape index (κ1) is 9.77. The molecule has 0 radical (unpaired) electrons. The lowest BCUT2D eigenvalue weighted by Gasteiger charge is -1.97. The minimum Gasteiger partial charge on any atom is -0.355 e. The Morgan fingerprint density at radius 3 is 3.06 bits per heavy atom. The van der Waals surface area contributed by atoms with Crippen molar-refractivity contribution in [3.05, 3.63) is 46.4 Å². The summed E-state index contributed by atoms with van der Waals surface area (Å²) in [4.78, 5) is 11.4. The lowest BCUT2D eigenvalue weighted by molar-refractivity contribution is 0.440. The van der Waals surface area contributed by atoms with Crippen molar-refractivity contribution in [1.29, 1.82) is 0 Å². The van der Waals surface area contributed by atoms with Crippen LogP contribution in [0, 0.1) is 6.92 Å². The number of aromatic nitrogens is 3. The van der Waals surface area contributed by atoms with Crippen LogP contribution in [-0.4, -0.2) is 15.4 Å². The van der Waals surface area contributed by atoms with Crippen LogP contribution in [-0.2, 0) is 0 Å². The third kappa shape index (κ3) is 1.52. The zero-order valence-corrected chi connectivity index (χ0v) is 9.10. The van der Waals surface area contributed by atoms with Gasteiger partial charge in [-0.15, -0.1) is 0 Å². The topological polar surface area (TPSA) is 71.8 Å². The van der Waals surface area contributed by atoms with Gasteiger partial charge < -0.3 is 4.52 Å². The molecule has 1 aromatic carbocycles. The van der Waals surface area contributed by atoms with Gasteiger partial charge in [0.1, 0.15) is 0 Å².